The van der Waals surface area contributed by atoms with Crippen LogP contribution >= 0.6 is 0 Å². The average Bonchev–Trinajstić information content (AvgIpc) is 2.99. The summed E-state index contributed by atoms with van der Waals surface area (Å²) in [5.74, 6) is 1.06. The zero-order valence-electron chi connectivity index (χ0n) is 19.8. The fourth-order valence-electron chi connectivity index (χ4n) is 4.11. The van der Waals surface area contributed by atoms with Crippen LogP contribution in [0.2, 0.25) is 0 Å². The normalized spacial score (nSPS) is 15.7. The molecule has 0 saturated carbocycles. The monoisotopic (exact) mass is 449 g/mol. The van der Waals surface area contributed by atoms with Gasteiger partial charge in [0.15, 0.2) is 0 Å². The molecule has 0 unspecified atom stereocenters. The van der Waals surface area contributed by atoms with E-state index in [1.807, 2.05) is 12.1 Å². The lowest BCUT2D eigenvalue weighted by Gasteiger charge is -2.36. The number of para-hydroxylation sites is 2. The Labute approximate surface area is 196 Å². The molecule has 0 atom stereocenters. The number of fused-ring (bicyclic) bond motifs is 2. The van der Waals surface area contributed by atoms with Crippen LogP contribution in [-0.4, -0.2) is 67.6 Å². The second-order valence-electron chi connectivity index (χ2n) is 8.71. The van der Waals surface area contributed by atoms with Crippen molar-refractivity contribution in [2.45, 2.75) is 33.1 Å². The molecule has 4 rings (SSSR count). The quantitative estimate of drug-likeness (QED) is 0.596. The smallest absolute Gasteiger partial charge is 0.223 e. The van der Waals surface area contributed by atoms with E-state index in [4.69, 9.17) is 9.73 Å². The molecule has 2 aliphatic rings. The molecule has 1 fully saturated rings. The Morgan fingerprint density at radius 1 is 1.09 bits per heavy atom. The van der Waals surface area contributed by atoms with Crippen molar-refractivity contribution < 1.29 is 9.53 Å². The maximum atomic E-state index is 12.1. The number of nitrogens with zero attached hydrogens (tertiary/aromatic N) is 3. The van der Waals surface area contributed by atoms with Crippen LogP contribution in [0, 0.1) is 6.92 Å². The van der Waals surface area contributed by atoms with Gasteiger partial charge in [0.1, 0.15) is 5.84 Å². The van der Waals surface area contributed by atoms with Gasteiger partial charge in [0, 0.05) is 50.5 Å². The number of aliphatic imine (C=N–C) groups is 1. The molecule has 0 spiro atoms. The van der Waals surface area contributed by atoms with E-state index in [1.54, 1.807) is 0 Å². The highest BCUT2D eigenvalue weighted by Crippen LogP contribution is 2.35. The molecule has 0 bridgehead atoms. The number of amides is 1. The highest BCUT2D eigenvalue weighted by Gasteiger charge is 2.25. The summed E-state index contributed by atoms with van der Waals surface area (Å²) in [5, 5.41) is 6.59. The van der Waals surface area contributed by atoms with Gasteiger partial charge in [-0.15, -0.1) is 0 Å². The summed E-state index contributed by atoms with van der Waals surface area (Å²) in [6.07, 6.45) is 2.57. The van der Waals surface area contributed by atoms with Gasteiger partial charge in [-0.1, -0.05) is 37.1 Å². The molecule has 1 amide bonds. The number of nitrogens with one attached hydrogen (secondary N) is 2. The van der Waals surface area contributed by atoms with Gasteiger partial charge in [0.25, 0.3) is 0 Å². The Hall–Kier alpha value is -2.90. The standard InChI is InChI=1S/C26H35N5O2/c1-3-4-16-33-17-11-25(32)27-19-30-12-14-31(15-13-30)26-21-18-20(2)9-10-22(21)28-23-7-5-6-8-24(23)29-26/h5-10,18,28H,3-4,11-17,19H2,1-2H3,(H,27,32). The van der Waals surface area contributed by atoms with E-state index in [9.17, 15) is 4.79 Å². The molecule has 2 N–H and O–H groups in total. The predicted molar refractivity (Wildman–Crippen MR) is 134 cm³/mol. The highest BCUT2D eigenvalue weighted by molar-refractivity contribution is 6.07. The minimum Gasteiger partial charge on any atom is -0.381 e. The molecule has 2 aromatic carbocycles. The van der Waals surface area contributed by atoms with Gasteiger partial charge >= 0.3 is 0 Å². The number of unbranched alkanes of at least 4 members (excludes halogenated alkanes) is 1. The summed E-state index contributed by atoms with van der Waals surface area (Å²) in [5.41, 5.74) is 5.42. The molecule has 7 heteroatoms. The Morgan fingerprint density at radius 3 is 2.73 bits per heavy atom. The third-order valence-corrected chi connectivity index (χ3v) is 6.10. The minimum absolute atomic E-state index is 0.0501. The lowest BCUT2D eigenvalue weighted by Crippen LogP contribution is -2.51. The number of carbonyl (C=O) groups is 1. The first kappa shape index (κ1) is 23.3. The molecule has 33 heavy (non-hydrogen) atoms. The maximum absolute atomic E-state index is 12.1. The Morgan fingerprint density at radius 2 is 1.91 bits per heavy atom. The van der Waals surface area contributed by atoms with Crippen LogP contribution in [-0.2, 0) is 9.53 Å². The maximum Gasteiger partial charge on any atom is 0.223 e. The first-order valence-corrected chi connectivity index (χ1v) is 12.0. The molecule has 1 saturated heterocycles. The summed E-state index contributed by atoms with van der Waals surface area (Å²) >= 11 is 0. The molecule has 0 radical (unpaired) electrons. The Bertz CT molecular complexity index is 982. The highest BCUT2D eigenvalue weighted by atomic mass is 16.5. The van der Waals surface area contributed by atoms with Crippen molar-refractivity contribution in [1.82, 2.24) is 15.1 Å². The van der Waals surface area contributed by atoms with Gasteiger partial charge in [-0.25, -0.2) is 4.99 Å². The molecule has 2 heterocycles. The van der Waals surface area contributed by atoms with Crippen molar-refractivity contribution in [3.8, 4) is 0 Å². The number of aryl methyl sites for hydroxylation is 1. The van der Waals surface area contributed by atoms with E-state index in [0.29, 0.717) is 19.7 Å². The van der Waals surface area contributed by atoms with Crippen LogP contribution in [0.25, 0.3) is 0 Å². The Kier molecular flexibility index (Phi) is 7.96. The van der Waals surface area contributed by atoms with Crippen molar-refractivity contribution in [2.24, 2.45) is 4.99 Å². The van der Waals surface area contributed by atoms with E-state index >= 15 is 0 Å². The summed E-state index contributed by atoms with van der Waals surface area (Å²) in [6.45, 7) is 9.54. The lowest BCUT2D eigenvalue weighted by atomic mass is 10.1. The van der Waals surface area contributed by atoms with Crippen molar-refractivity contribution >= 4 is 28.8 Å². The van der Waals surface area contributed by atoms with Gasteiger partial charge in [-0.2, -0.15) is 0 Å². The number of benzene rings is 2. The lowest BCUT2D eigenvalue weighted by molar-refractivity contribution is -0.122. The van der Waals surface area contributed by atoms with E-state index in [1.165, 1.54) is 5.56 Å². The van der Waals surface area contributed by atoms with Crippen molar-refractivity contribution in [2.75, 3.05) is 51.4 Å². The average molecular weight is 450 g/mol. The van der Waals surface area contributed by atoms with Gasteiger partial charge in [0.2, 0.25) is 5.91 Å². The van der Waals surface area contributed by atoms with Crippen LogP contribution < -0.4 is 10.6 Å². The summed E-state index contributed by atoms with van der Waals surface area (Å²) in [7, 11) is 0. The number of anilines is 2. The largest absolute Gasteiger partial charge is 0.381 e. The zero-order chi connectivity index (χ0) is 23.0. The van der Waals surface area contributed by atoms with Crippen molar-refractivity contribution in [3.63, 3.8) is 0 Å². The number of carbonyl (C=O) groups excluding carboxylic acids is 1. The molecule has 176 valence electrons. The second kappa shape index (κ2) is 11.3. The minimum atomic E-state index is 0.0501. The number of piperazine rings is 1. The van der Waals surface area contributed by atoms with E-state index in [2.05, 4.69) is 64.6 Å². The number of rotatable bonds is 8. The topological polar surface area (TPSA) is 69.2 Å². The number of hydrogen-bond acceptors (Lipinski definition) is 6. The van der Waals surface area contributed by atoms with Crippen molar-refractivity contribution in [3.05, 3.63) is 53.6 Å². The SMILES string of the molecule is CCCCOCCC(=O)NCN1CCN(C2=Nc3ccccc3Nc3ccc(C)cc32)CC1. The van der Waals surface area contributed by atoms with Crippen LogP contribution in [0.1, 0.15) is 37.3 Å². The third kappa shape index (κ3) is 6.12. The molecular weight excluding hydrogens is 414 g/mol. The molecule has 7 nitrogen and oxygen atoms in total. The molecule has 0 aliphatic carbocycles. The molecule has 2 aliphatic heterocycles. The van der Waals surface area contributed by atoms with Crippen molar-refractivity contribution in [1.29, 1.82) is 0 Å². The third-order valence-electron chi connectivity index (χ3n) is 6.10. The molecule has 2 aromatic rings. The van der Waals surface area contributed by atoms with E-state index in [0.717, 1.165) is 74.1 Å². The van der Waals surface area contributed by atoms with Crippen LogP contribution in [0.5, 0.6) is 0 Å². The number of ether oxygens (including phenoxy) is 1. The first-order valence-electron chi connectivity index (χ1n) is 12.0. The van der Waals surface area contributed by atoms with Gasteiger partial charge in [-0.3, -0.25) is 9.69 Å². The second-order valence-corrected chi connectivity index (χ2v) is 8.71. The summed E-state index contributed by atoms with van der Waals surface area (Å²) in [4.78, 5) is 21.8. The van der Waals surface area contributed by atoms with Crippen LogP contribution in [0.4, 0.5) is 17.1 Å². The number of hydrogen-bond donors (Lipinski definition) is 2. The number of amidine groups is 1. The summed E-state index contributed by atoms with van der Waals surface area (Å²) < 4.78 is 5.49. The molecular formula is C26H35N5O2. The predicted octanol–water partition coefficient (Wildman–Crippen LogP) is 4.03. The van der Waals surface area contributed by atoms with Crippen LogP contribution in [0.15, 0.2) is 47.5 Å². The van der Waals surface area contributed by atoms with Crippen LogP contribution in [0.3, 0.4) is 0 Å². The Balaban J connectivity index is 1.35. The fraction of sp³-hybridized carbons (Fsp3) is 0.462. The first-order chi connectivity index (χ1) is 16.1. The van der Waals surface area contributed by atoms with E-state index in [-0.39, 0.29) is 5.91 Å². The van der Waals surface area contributed by atoms with Gasteiger partial charge in [0.05, 0.1) is 24.7 Å². The van der Waals surface area contributed by atoms with Gasteiger partial charge in [-0.05, 0) is 37.6 Å². The van der Waals surface area contributed by atoms with Gasteiger partial charge < -0.3 is 20.3 Å². The fourth-order valence-corrected chi connectivity index (χ4v) is 4.11. The summed E-state index contributed by atoms with van der Waals surface area (Å²) in [6, 6.07) is 14.7. The molecule has 0 aromatic heterocycles. The van der Waals surface area contributed by atoms with E-state index < -0.39 is 0 Å². The zero-order valence-corrected chi connectivity index (χ0v) is 19.8.